The number of carbonyl (C=O) groups excluding carboxylic acids is 1. The molecule has 1 fully saturated rings. The van der Waals surface area contributed by atoms with Crippen molar-refractivity contribution in [2.75, 3.05) is 13.7 Å². The molecule has 3 atom stereocenters. The normalized spacial score (nSPS) is 22.0. The second kappa shape index (κ2) is 10.0. The predicted molar refractivity (Wildman–Crippen MR) is 109 cm³/mol. The highest BCUT2D eigenvalue weighted by molar-refractivity contribution is 5.88. The van der Waals surface area contributed by atoms with E-state index in [0.717, 1.165) is 11.1 Å². The SMILES string of the molecule is COC(=O)/C(C)=C/C(C)=C/[C@@H](C)C(OCc1ccccc1)C1COC(C)(C)O1. The lowest BCUT2D eigenvalue weighted by Crippen LogP contribution is -2.37. The molecule has 5 heteroatoms. The van der Waals surface area contributed by atoms with Crippen LogP contribution in [-0.2, 0) is 30.3 Å². The quantitative estimate of drug-likeness (QED) is 0.375. The summed E-state index contributed by atoms with van der Waals surface area (Å²) in [5, 5.41) is 0. The highest BCUT2D eigenvalue weighted by atomic mass is 16.7. The van der Waals surface area contributed by atoms with Crippen LogP contribution in [0.2, 0.25) is 0 Å². The molecule has 1 aliphatic rings. The molecule has 5 nitrogen and oxygen atoms in total. The van der Waals surface area contributed by atoms with Crippen LogP contribution in [0.25, 0.3) is 0 Å². The summed E-state index contributed by atoms with van der Waals surface area (Å²) in [4.78, 5) is 11.6. The number of ether oxygens (including phenoxy) is 4. The fourth-order valence-electron chi connectivity index (χ4n) is 3.36. The minimum absolute atomic E-state index is 0.0629. The van der Waals surface area contributed by atoms with E-state index in [2.05, 4.69) is 13.0 Å². The molecular weight excluding hydrogens is 356 g/mol. The Balaban J connectivity index is 2.15. The van der Waals surface area contributed by atoms with Crippen molar-refractivity contribution in [3.63, 3.8) is 0 Å². The van der Waals surface area contributed by atoms with E-state index in [1.807, 2.05) is 57.2 Å². The molecule has 1 saturated heterocycles. The van der Waals surface area contributed by atoms with Gasteiger partial charge in [0, 0.05) is 11.5 Å². The van der Waals surface area contributed by atoms with Gasteiger partial charge in [-0.2, -0.15) is 0 Å². The maximum absolute atomic E-state index is 11.6. The van der Waals surface area contributed by atoms with Gasteiger partial charge in [-0.25, -0.2) is 4.79 Å². The van der Waals surface area contributed by atoms with Crippen LogP contribution in [0.1, 0.15) is 40.2 Å². The van der Waals surface area contributed by atoms with Gasteiger partial charge in [0.2, 0.25) is 0 Å². The van der Waals surface area contributed by atoms with Gasteiger partial charge in [0.05, 0.1) is 26.4 Å². The van der Waals surface area contributed by atoms with E-state index in [1.54, 1.807) is 6.92 Å². The zero-order valence-electron chi connectivity index (χ0n) is 17.7. The molecule has 0 aliphatic carbocycles. The number of esters is 1. The Morgan fingerprint density at radius 1 is 1.29 bits per heavy atom. The fraction of sp³-hybridized carbons (Fsp3) is 0.522. The van der Waals surface area contributed by atoms with Gasteiger partial charge in [0.25, 0.3) is 0 Å². The number of allylic oxidation sites excluding steroid dienone is 2. The van der Waals surface area contributed by atoms with Crippen LogP contribution in [0, 0.1) is 5.92 Å². The van der Waals surface area contributed by atoms with Crippen molar-refractivity contribution in [3.8, 4) is 0 Å². The predicted octanol–water partition coefficient (Wildman–Crippen LogP) is 4.43. The Labute approximate surface area is 168 Å². The van der Waals surface area contributed by atoms with Crippen LogP contribution in [-0.4, -0.2) is 37.7 Å². The molecule has 2 unspecified atom stereocenters. The highest BCUT2D eigenvalue weighted by Gasteiger charge is 2.39. The molecule has 0 saturated carbocycles. The van der Waals surface area contributed by atoms with E-state index in [4.69, 9.17) is 18.9 Å². The molecule has 0 aromatic heterocycles. The maximum Gasteiger partial charge on any atom is 0.333 e. The molecule has 1 heterocycles. The third-order valence-electron chi connectivity index (χ3n) is 4.68. The monoisotopic (exact) mass is 388 g/mol. The Morgan fingerprint density at radius 3 is 2.54 bits per heavy atom. The highest BCUT2D eigenvalue weighted by Crippen LogP contribution is 2.29. The summed E-state index contributed by atoms with van der Waals surface area (Å²) in [6.45, 7) is 10.6. The van der Waals surface area contributed by atoms with E-state index < -0.39 is 5.79 Å². The zero-order valence-corrected chi connectivity index (χ0v) is 17.7. The van der Waals surface area contributed by atoms with Gasteiger partial charge in [0.15, 0.2) is 5.79 Å². The standard InChI is InChI=1S/C23H32O5/c1-16(13-18(3)22(24)25-6)12-17(2)21(20-15-27-23(4,5)28-20)26-14-19-10-8-7-9-11-19/h7-13,17,20-21H,14-15H2,1-6H3/b16-12+,18-13+/t17-,20?,21?/m1/s1. The Bertz CT molecular complexity index is 705. The average molecular weight is 389 g/mol. The van der Waals surface area contributed by atoms with Crippen molar-refractivity contribution in [2.45, 2.75) is 59.2 Å². The Hall–Kier alpha value is -1.95. The molecule has 0 N–H and O–H groups in total. The second-order valence-corrected chi connectivity index (χ2v) is 7.72. The van der Waals surface area contributed by atoms with Crippen molar-refractivity contribution < 1.29 is 23.7 Å². The molecule has 0 amide bonds. The van der Waals surface area contributed by atoms with Gasteiger partial charge >= 0.3 is 5.97 Å². The van der Waals surface area contributed by atoms with Crippen molar-refractivity contribution in [1.82, 2.24) is 0 Å². The van der Waals surface area contributed by atoms with Crippen LogP contribution in [0.5, 0.6) is 0 Å². The molecule has 1 aromatic carbocycles. The number of methoxy groups -OCH3 is 1. The minimum atomic E-state index is -0.612. The third-order valence-corrected chi connectivity index (χ3v) is 4.68. The summed E-state index contributed by atoms with van der Waals surface area (Å²) < 4.78 is 22.9. The van der Waals surface area contributed by atoms with Gasteiger partial charge in [-0.1, -0.05) is 48.9 Å². The average Bonchev–Trinajstić information content (AvgIpc) is 3.01. The molecule has 0 bridgehead atoms. The molecule has 0 radical (unpaired) electrons. The summed E-state index contributed by atoms with van der Waals surface area (Å²) in [5.74, 6) is -0.877. The minimum Gasteiger partial charge on any atom is -0.466 e. The first-order chi connectivity index (χ1) is 13.2. The third kappa shape index (κ3) is 6.59. The lowest BCUT2D eigenvalue weighted by Gasteiger charge is -2.28. The Kier molecular flexibility index (Phi) is 7.98. The number of benzene rings is 1. The summed E-state index contributed by atoms with van der Waals surface area (Å²) in [5.41, 5.74) is 2.65. The molecule has 154 valence electrons. The first-order valence-corrected chi connectivity index (χ1v) is 9.64. The van der Waals surface area contributed by atoms with Crippen molar-refractivity contribution in [3.05, 3.63) is 59.2 Å². The van der Waals surface area contributed by atoms with Gasteiger partial charge in [0.1, 0.15) is 6.10 Å². The topological polar surface area (TPSA) is 54.0 Å². The first kappa shape index (κ1) is 22.3. The zero-order chi connectivity index (χ0) is 20.7. The van der Waals surface area contributed by atoms with Crippen LogP contribution < -0.4 is 0 Å². The van der Waals surface area contributed by atoms with E-state index in [9.17, 15) is 4.79 Å². The Morgan fingerprint density at radius 2 is 1.96 bits per heavy atom. The molecule has 2 rings (SSSR count). The molecule has 28 heavy (non-hydrogen) atoms. The van der Waals surface area contributed by atoms with Crippen molar-refractivity contribution >= 4 is 5.97 Å². The van der Waals surface area contributed by atoms with E-state index in [1.165, 1.54) is 7.11 Å². The molecular formula is C23H32O5. The van der Waals surface area contributed by atoms with Crippen LogP contribution in [0.15, 0.2) is 53.6 Å². The lowest BCUT2D eigenvalue weighted by molar-refractivity contribution is -0.161. The lowest BCUT2D eigenvalue weighted by atomic mass is 9.96. The van der Waals surface area contributed by atoms with Gasteiger partial charge in [-0.3, -0.25) is 0 Å². The number of rotatable bonds is 8. The van der Waals surface area contributed by atoms with Crippen LogP contribution in [0.4, 0.5) is 0 Å². The molecule has 1 aromatic rings. The maximum atomic E-state index is 11.6. The fourth-order valence-corrected chi connectivity index (χ4v) is 3.36. The van der Waals surface area contributed by atoms with Crippen molar-refractivity contribution in [1.29, 1.82) is 0 Å². The van der Waals surface area contributed by atoms with E-state index >= 15 is 0 Å². The smallest absolute Gasteiger partial charge is 0.333 e. The van der Waals surface area contributed by atoms with Gasteiger partial charge in [-0.05, 0) is 39.3 Å². The van der Waals surface area contributed by atoms with Gasteiger partial charge in [-0.15, -0.1) is 0 Å². The van der Waals surface area contributed by atoms with E-state index in [0.29, 0.717) is 18.8 Å². The number of carbonyl (C=O) groups is 1. The summed E-state index contributed by atoms with van der Waals surface area (Å²) in [6.07, 6.45) is 3.58. The first-order valence-electron chi connectivity index (χ1n) is 9.64. The number of hydrogen-bond acceptors (Lipinski definition) is 5. The van der Waals surface area contributed by atoms with Gasteiger partial charge < -0.3 is 18.9 Å². The largest absolute Gasteiger partial charge is 0.466 e. The number of hydrogen-bond donors (Lipinski definition) is 0. The summed E-state index contributed by atoms with van der Waals surface area (Å²) >= 11 is 0. The second-order valence-electron chi connectivity index (χ2n) is 7.72. The van der Waals surface area contributed by atoms with E-state index in [-0.39, 0.29) is 24.1 Å². The molecule has 0 spiro atoms. The van der Waals surface area contributed by atoms with Crippen LogP contribution in [0.3, 0.4) is 0 Å². The summed E-state index contributed by atoms with van der Waals surface area (Å²) in [6, 6.07) is 10.1. The van der Waals surface area contributed by atoms with Crippen LogP contribution >= 0.6 is 0 Å². The summed E-state index contributed by atoms with van der Waals surface area (Å²) in [7, 11) is 1.38. The van der Waals surface area contributed by atoms with Crippen molar-refractivity contribution in [2.24, 2.45) is 5.92 Å². The molecule has 1 aliphatic heterocycles.